The summed E-state index contributed by atoms with van der Waals surface area (Å²) in [7, 11) is 0. The van der Waals surface area contributed by atoms with Crippen molar-refractivity contribution < 1.29 is 18.3 Å². The SMILES string of the molecule is CCOC(=O)c1cc(CBr)nn1CC(F)F. The minimum absolute atomic E-state index is 0.0524. The van der Waals surface area contributed by atoms with E-state index < -0.39 is 18.9 Å². The molecule has 0 amide bonds. The smallest absolute Gasteiger partial charge is 0.356 e. The summed E-state index contributed by atoms with van der Waals surface area (Å²) in [5, 5.41) is 4.26. The van der Waals surface area contributed by atoms with Crippen LogP contribution in [0.5, 0.6) is 0 Å². The zero-order chi connectivity index (χ0) is 12.1. The Morgan fingerprint density at radius 3 is 2.88 bits per heavy atom. The number of hydrogen-bond acceptors (Lipinski definition) is 3. The van der Waals surface area contributed by atoms with Gasteiger partial charge in [-0.1, -0.05) is 15.9 Å². The zero-order valence-electron chi connectivity index (χ0n) is 8.62. The molecule has 0 atom stereocenters. The van der Waals surface area contributed by atoms with Crippen LogP contribution in [-0.2, 0) is 16.6 Å². The molecule has 0 spiro atoms. The lowest BCUT2D eigenvalue weighted by Gasteiger charge is -2.05. The molecule has 1 heterocycles. The topological polar surface area (TPSA) is 44.1 Å². The molecule has 1 aromatic heterocycles. The molecule has 0 saturated heterocycles. The third-order valence-corrected chi connectivity index (χ3v) is 2.34. The predicted molar refractivity (Wildman–Crippen MR) is 56.8 cm³/mol. The molecule has 1 aromatic rings. The largest absolute Gasteiger partial charge is 0.461 e. The van der Waals surface area contributed by atoms with Crippen molar-refractivity contribution in [2.24, 2.45) is 0 Å². The average Bonchev–Trinajstić information content (AvgIpc) is 2.60. The molecule has 0 aliphatic carbocycles. The minimum atomic E-state index is -2.56. The standard InChI is InChI=1S/C9H11BrF2N2O2/c1-2-16-9(15)7-3-6(4-10)13-14(7)5-8(11)12/h3,8H,2,4-5H2,1H3. The van der Waals surface area contributed by atoms with E-state index in [1.54, 1.807) is 6.92 Å². The molecule has 0 aliphatic rings. The van der Waals surface area contributed by atoms with Crippen LogP contribution in [0, 0.1) is 0 Å². The fourth-order valence-electron chi connectivity index (χ4n) is 1.17. The van der Waals surface area contributed by atoms with Crippen LogP contribution in [0.2, 0.25) is 0 Å². The molecule has 7 heteroatoms. The maximum Gasteiger partial charge on any atom is 0.356 e. The first kappa shape index (κ1) is 13.1. The van der Waals surface area contributed by atoms with Gasteiger partial charge in [0.1, 0.15) is 12.2 Å². The molecule has 4 nitrogen and oxygen atoms in total. The second-order valence-electron chi connectivity index (χ2n) is 2.95. The summed E-state index contributed by atoms with van der Waals surface area (Å²) < 4.78 is 30.2. The second kappa shape index (κ2) is 5.93. The maximum atomic E-state index is 12.2. The molecule has 0 aromatic carbocycles. The van der Waals surface area contributed by atoms with Crippen LogP contribution in [0.25, 0.3) is 0 Å². The van der Waals surface area contributed by atoms with Gasteiger partial charge in [0.25, 0.3) is 6.43 Å². The predicted octanol–water partition coefficient (Wildman–Crippen LogP) is 2.22. The maximum absolute atomic E-state index is 12.2. The van der Waals surface area contributed by atoms with Crippen molar-refractivity contribution in [3.8, 4) is 0 Å². The minimum Gasteiger partial charge on any atom is -0.461 e. The number of halogens is 3. The summed E-state index contributed by atoms with van der Waals surface area (Å²) in [5.41, 5.74) is 0.570. The molecule has 0 unspecified atom stereocenters. The van der Waals surface area contributed by atoms with Gasteiger partial charge in [0.2, 0.25) is 0 Å². The zero-order valence-corrected chi connectivity index (χ0v) is 10.2. The molecule has 0 saturated carbocycles. The van der Waals surface area contributed by atoms with Gasteiger partial charge in [0.05, 0.1) is 12.3 Å². The van der Waals surface area contributed by atoms with Gasteiger partial charge >= 0.3 is 5.97 Å². The highest BCUT2D eigenvalue weighted by molar-refractivity contribution is 9.08. The number of carbonyl (C=O) groups is 1. The van der Waals surface area contributed by atoms with E-state index >= 15 is 0 Å². The van der Waals surface area contributed by atoms with Crippen molar-refractivity contribution >= 4 is 21.9 Å². The van der Waals surface area contributed by atoms with E-state index in [1.165, 1.54) is 6.07 Å². The van der Waals surface area contributed by atoms with Crippen LogP contribution in [0.1, 0.15) is 23.1 Å². The fraction of sp³-hybridized carbons (Fsp3) is 0.556. The van der Waals surface area contributed by atoms with Gasteiger partial charge in [0.15, 0.2) is 0 Å². The van der Waals surface area contributed by atoms with Crippen LogP contribution < -0.4 is 0 Å². The van der Waals surface area contributed by atoms with Crippen molar-refractivity contribution in [2.45, 2.75) is 25.2 Å². The summed E-state index contributed by atoms with van der Waals surface area (Å²) in [6.45, 7) is 1.24. The average molecular weight is 297 g/mol. The number of nitrogens with zero attached hydrogens (tertiary/aromatic N) is 2. The third kappa shape index (κ3) is 3.26. The van der Waals surface area contributed by atoms with Crippen LogP contribution in [-0.4, -0.2) is 28.8 Å². The third-order valence-electron chi connectivity index (χ3n) is 1.76. The van der Waals surface area contributed by atoms with Crippen LogP contribution in [0.3, 0.4) is 0 Å². The van der Waals surface area contributed by atoms with E-state index in [0.29, 0.717) is 11.0 Å². The lowest BCUT2D eigenvalue weighted by atomic mass is 10.4. The van der Waals surface area contributed by atoms with Gasteiger partial charge in [0, 0.05) is 5.33 Å². The number of rotatable bonds is 5. The van der Waals surface area contributed by atoms with E-state index in [1.807, 2.05) is 0 Å². The van der Waals surface area contributed by atoms with Gasteiger partial charge in [-0.2, -0.15) is 5.10 Å². The Kier molecular flexibility index (Phi) is 4.85. The molecule has 0 bridgehead atoms. The molecule has 0 aliphatic heterocycles. The Hall–Kier alpha value is -0.980. The first-order chi connectivity index (χ1) is 7.58. The van der Waals surface area contributed by atoms with Crippen LogP contribution in [0.4, 0.5) is 8.78 Å². The summed E-state index contributed by atoms with van der Waals surface area (Å²) in [5.74, 6) is -0.636. The summed E-state index contributed by atoms with van der Waals surface area (Å²) in [6.07, 6.45) is -2.56. The molecule has 0 N–H and O–H groups in total. The van der Waals surface area contributed by atoms with Crippen molar-refractivity contribution in [3.63, 3.8) is 0 Å². The lowest BCUT2D eigenvalue weighted by molar-refractivity contribution is 0.0502. The van der Waals surface area contributed by atoms with Crippen molar-refractivity contribution in [1.82, 2.24) is 9.78 Å². The molecular weight excluding hydrogens is 286 g/mol. The number of alkyl halides is 3. The monoisotopic (exact) mass is 296 g/mol. The van der Waals surface area contributed by atoms with Crippen LogP contribution in [0.15, 0.2) is 6.07 Å². The Morgan fingerprint density at radius 1 is 1.69 bits per heavy atom. The molecule has 16 heavy (non-hydrogen) atoms. The van der Waals surface area contributed by atoms with Gasteiger partial charge in [-0.05, 0) is 13.0 Å². The van der Waals surface area contributed by atoms with E-state index in [-0.39, 0.29) is 12.3 Å². The normalized spacial score (nSPS) is 10.8. The number of aromatic nitrogens is 2. The van der Waals surface area contributed by atoms with Gasteiger partial charge < -0.3 is 4.74 Å². The molecular formula is C9H11BrF2N2O2. The molecule has 0 radical (unpaired) electrons. The highest BCUT2D eigenvalue weighted by Crippen LogP contribution is 2.11. The molecule has 90 valence electrons. The van der Waals surface area contributed by atoms with Gasteiger partial charge in [-0.15, -0.1) is 0 Å². The summed E-state index contributed by atoms with van der Waals surface area (Å²) in [6, 6.07) is 1.44. The first-order valence-electron chi connectivity index (χ1n) is 4.66. The Balaban J connectivity index is 2.95. The Labute approximate surface area is 99.7 Å². The summed E-state index contributed by atoms with van der Waals surface area (Å²) in [4.78, 5) is 11.4. The van der Waals surface area contributed by atoms with Gasteiger partial charge in [-0.3, -0.25) is 4.68 Å². The molecule has 0 fully saturated rings. The lowest BCUT2D eigenvalue weighted by Crippen LogP contribution is -2.16. The van der Waals surface area contributed by atoms with E-state index in [9.17, 15) is 13.6 Å². The number of hydrogen-bond donors (Lipinski definition) is 0. The number of carbonyl (C=O) groups excluding carboxylic acids is 1. The number of esters is 1. The van der Waals surface area contributed by atoms with Crippen molar-refractivity contribution in [2.75, 3.05) is 6.61 Å². The second-order valence-corrected chi connectivity index (χ2v) is 3.51. The van der Waals surface area contributed by atoms with E-state index in [0.717, 1.165) is 4.68 Å². The number of ether oxygens (including phenoxy) is 1. The fourth-order valence-corrected chi connectivity index (χ4v) is 1.45. The molecule has 1 rings (SSSR count). The van der Waals surface area contributed by atoms with E-state index in [2.05, 4.69) is 21.0 Å². The Bertz CT molecular complexity index is 368. The van der Waals surface area contributed by atoms with Crippen LogP contribution >= 0.6 is 15.9 Å². The highest BCUT2D eigenvalue weighted by atomic mass is 79.9. The quantitative estimate of drug-likeness (QED) is 0.618. The Morgan fingerprint density at radius 2 is 2.38 bits per heavy atom. The van der Waals surface area contributed by atoms with Crippen molar-refractivity contribution in [3.05, 3.63) is 17.5 Å². The van der Waals surface area contributed by atoms with Gasteiger partial charge in [-0.25, -0.2) is 13.6 Å². The first-order valence-corrected chi connectivity index (χ1v) is 5.78. The summed E-state index contributed by atoms with van der Waals surface area (Å²) >= 11 is 3.14. The van der Waals surface area contributed by atoms with Crippen molar-refractivity contribution in [1.29, 1.82) is 0 Å². The van der Waals surface area contributed by atoms with E-state index in [4.69, 9.17) is 4.74 Å². The highest BCUT2D eigenvalue weighted by Gasteiger charge is 2.18.